The van der Waals surface area contributed by atoms with Gasteiger partial charge < -0.3 is 28.3 Å². The van der Waals surface area contributed by atoms with Gasteiger partial charge >= 0.3 is 11.9 Å². The van der Waals surface area contributed by atoms with Crippen molar-refractivity contribution in [3.05, 3.63) is 71.5 Å². The van der Waals surface area contributed by atoms with Crippen LogP contribution in [-0.2, 0) is 45.5 Å². The molecule has 3 aliphatic heterocycles. The Labute approximate surface area is 303 Å². The van der Waals surface area contributed by atoms with Crippen LogP contribution in [0.5, 0.6) is 0 Å². The topological polar surface area (TPSA) is 153 Å². The molecule has 6 rings (SSSR count). The normalized spacial score (nSPS) is 24.6. The van der Waals surface area contributed by atoms with E-state index in [1.807, 2.05) is 37.3 Å². The number of hydrogen-bond donors (Lipinski definition) is 1. The van der Waals surface area contributed by atoms with Gasteiger partial charge in [-0.2, -0.15) is 0 Å². The van der Waals surface area contributed by atoms with E-state index in [4.69, 9.17) is 14.2 Å². The number of fused-ring (bicyclic) bond motifs is 2. The molecule has 2 unspecified atom stereocenters. The fourth-order valence-electron chi connectivity index (χ4n) is 8.20. The van der Waals surface area contributed by atoms with Gasteiger partial charge in [-0.05, 0) is 56.1 Å². The molecule has 4 heterocycles. The van der Waals surface area contributed by atoms with Crippen LogP contribution in [0.15, 0.2) is 54.7 Å². The molecule has 0 saturated carbocycles. The zero-order valence-electron chi connectivity index (χ0n) is 30.2. The first kappa shape index (κ1) is 37.3. The fraction of sp³-hybridized carbons (Fsp3) is 0.514. The number of esters is 2. The number of benzene rings is 2. The number of methoxy groups -OCH3 is 1. The standard InChI is InChI=1S/C37H46FN5O8Si/c1-23-35(52(4,5)38)31(16-18-41-21-29(39-40-41)27(22-44)25-11-7-6-8-12-25)51-37(23)28-19-26(43-32(46)20-33(43)50-24(2)45)14-15-30(28)42(36(37)48)17-10-9-13-34(47)49-3/h6-8,11-12,14-15,19,21,23,27,31,33,35,44H,9-10,13,16-18,20,22H2,1-5H3/t23-,27?,31+,33?,35-,37+/m0/s1. The lowest BCUT2D eigenvalue weighted by molar-refractivity contribution is -0.154. The van der Waals surface area contributed by atoms with Crippen molar-refractivity contribution < 1.29 is 42.6 Å². The number of halogens is 1. The van der Waals surface area contributed by atoms with Gasteiger partial charge in [-0.15, -0.1) is 5.10 Å². The lowest BCUT2D eigenvalue weighted by atomic mass is 9.82. The molecule has 2 amide bonds. The van der Waals surface area contributed by atoms with Crippen molar-refractivity contribution in [3.63, 3.8) is 0 Å². The summed E-state index contributed by atoms with van der Waals surface area (Å²) in [7, 11) is -2.15. The van der Waals surface area contributed by atoms with Gasteiger partial charge in [-0.3, -0.25) is 28.8 Å². The number of carbonyl (C=O) groups is 4. The van der Waals surface area contributed by atoms with E-state index < -0.39 is 43.8 Å². The zero-order chi connectivity index (χ0) is 37.4. The summed E-state index contributed by atoms with van der Waals surface area (Å²) in [6.07, 6.45) is 1.94. The van der Waals surface area contributed by atoms with Crippen LogP contribution < -0.4 is 9.80 Å². The van der Waals surface area contributed by atoms with Crippen LogP contribution in [0.2, 0.25) is 18.6 Å². The summed E-state index contributed by atoms with van der Waals surface area (Å²) in [5.41, 5.74) is 0.941. The maximum absolute atomic E-state index is 16.5. The molecule has 2 fully saturated rings. The predicted octanol–water partition coefficient (Wildman–Crippen LogP) is 4.58. The minimum Gasteiger partial charge on any atom is -0.469 e. The maximum atomic E-state index is 16.5. The molecular weight excluding hydrogens is 690 g/mol. The Morgan fingerprint density at radius 2 is 1.88 bits per heavy atom. The molecule has 15 heteroatoms. The first-order chi connectivity index (χ1) is 24.8. The molecule has 278 valence electrons. The van der Waals surface area contributed by atoms with Crippen LogP contribution in [0.3, 0.4) is 0 Å². The molecule has 3 aliphatic rings. The van der Waals surface area contributed by atoms with Gasteiger partial charge in [0.05, 0.1) is 43.5 Å². The van der Waals surface area contributed by atoms with Crippen molar-refractivity contribution in [2.75, 3.05) is 30.1 Å². The number of anilines is 2. The van der Waals surface area contributed by atoms with Gasteiger partial charge in [0.1, 0.15) is 0 Å². The Hall–Kier alpha value is -4.47. The molecule has 6 atom stereocenters. The van der Waals surface area contributed by atoms with Crippen LogP contribution in [-0.4, -0.2) is 84.9 Å². The third kappa shape index (κ3) is 6.88. The Morgan fingerprint density at radius 3 is 2.54 bits per heavy atom. The highest BCUT2D eigenvalue weighted by Gasteiger charge is 2.66. The van der Waals surface area contributed by atoms with E-state index in [2.05, 4.69) is 10.3 Å². The summed E-state index contributed by atoms with van der Waals surface area (Å²) in [6.45, 7) is 6.88. The highest BCUT2D eigenvalue weighted by molar-refractivity contribution is 6.72. The lowest BCUT2D eigenvalue weighted by Gasteiger charge is -2.39. The number of ether oxygens (including phenoxy) is 3. The van der Waals surface area contributed by atoms with Crippen molar-refractivity contribution >= 4 is 43.5 Å². The average molecular weight is 736 g/mol. The molecule has 1 spiro atoms. The molecule has 2 aromatic carbocycles. The molecular formula is C37H46FN5O8Si. The molecule has 1 aromatic heterocycles. The number of aromatic nitrogens is 3. The zero-order valence-corrected chi connectivity index (χ0v) is 31.2. The number of nitrogens with zero attached hydrogens (tertiary/aromatic N) is 5. The highest BCUT2D eigenvalue weighted by Crippen LogP contribution is 2.60. The first-order valence-corrected chi connectivity index (χ1v) is 20.7. The van der Waals surface area contributed by atoms with Gasteiger partial charge in [-0.25, -0.2) is 0 Å². The van der Waals surface area contributed by atoms with Gasteiger partial charge in [0.15, 0.2) is 11.8 Å². The van der Waals surface area contributed by atoms with Crippen LogP contribution >= 0.6 is 0 Å². The van der Waals surface area contributed by atoms with E-state index in [0.29, 0.717) is 55.0 Å². The number of amides is 2. The van der Waals surface area contributed by atoms with E-state index in [1.54, 1.807) is 47.1 Å². The van der Waals surface area contributed by atoms with Crippen LogP contribution in [0, 0.1) is 5.92 Å². The number of unbranched alkanes of at least 4 members (excludes halogenated alkanes) is 1. The quantitative estimate of drug-likeness (QED) is 0.0819. The van der Waals surface area contributed by atoms with Gasteiger partial charge in [-0.1, -0.05) is 42.5 Å². The molecule has 1 N–H and O–H groups in total. The summed E-state index contributed by atoms with van der Waals surface area (Å²) in [4.78, 5) is 54.1. The second-order valence-electron chi connectivity index (χ2n) is 14.3. The predicted molar refractivity (Wildman–Crippen MR) is 190 cm³/mol. The second-order valence-corrected chi connectivity index (χ2v) is 18.1. The Balaban J connectivity index is 1.32. The van der Waals surface area contributed by atoms with Crippen molar-refractivity contribution in [1.29, 1.82) is 0 Å². The third-order valence-electron chi connectivity index (χ3n) is 10.6. The number of hydrogen-bond acceptors (Lipinski definition) is 10. The van der Waals surface area contributed by atoms with Gasteiger partial charge in [0.2, 0.25) is 14.3 Å². The molecule has 52 heavy (non-hydrogen) atoms. The molecule has 0 radical (unpaired) electrons. The number of aryl methyl sites for hydroxylation is 1. The molecule has 13 nitrogen and oxygen atoms in total. The summed E-state index contributed by atoms with van der Waals surface area (Å²) >= 11 is 0. The molecule has 0 bridgehead atoms. The Bertz CT molecular complexity index is 1820. The summed E-state index contributed by atoms with van der Waals surface area (Å²) in [5.74, 6) is -2.35. The second kappa shape index (κ2) is 14.9. The average Bonchev–Trinajstić information content (AvgIpc) is 3.75. The maximum Gasteiger partial charge on any atom is 0.305 e. The van der Waals surface area contributed by atoms with Crippen molar-refractivity contribution in [1.82, 2.24) is 15.0 Å². The number of aliphatic hydroxyl groups is 1. The first-order valence-electron chi connectivity index (χ1n) is 17.7. The number of rotatable bonds is 14. The Morgan fingerprint density at radius 1 is 1.13 bits per heavy atom. The van der Waals surface area contributed by atoms with E-state index >= 15 is 4.11 Å². The van der Waals surface area contributed by atoms with Gasteiger partial charge in [0, 0.05) is 55.3 Å². The van der Waals surface area contributed by atoms with Crippen molar-refractivity contribution in [2.24, 2.45) is 5.92 Å². The van der Waals surface area contributed by atoms with Crippen LogP contribution in [0.4, 0.5) is 15.5 Å². The minimum atomic E-state index is -3.48. The number of aliphatic hydroxyl groups excluding tert-OH is 1. The van der Waals surface area contributed by atoms with E-state index in [1.165, 1.54) is 18.9 Å². The van der Waals surface area contributed by atoms with E-state index in [-0.39, 0.29) is 43.2 Å². The van der Waals surface area contributed by atoms with Crippen molar-refractivity contribution in [3.8, 4) is 0 Å². The minimum absolute atomic E-state index is 0.0418. The van der Waals surface area contributed by atoms with E-state index in [0.717, 1.165) is 5.56 Å². The summed E-state index contributed by atoms with van der Waals surface area (Å²) in [5, 5.41) is 18.8. The molecule has 0 aliphatic carbocycles. The van der Waals surface area contributed by atoms with Crippen LogP contribution in [0.25, 0.3) is 0 Å². The molecule has 2 saturated heterocycles. The number of carbonyl (C=O) groups excluding carboxylic acids is 4. The largest absolute Gasteiger partial charge is 0.469 e. The lowest BCUT2D eigenvalue weighted by Crippen LogP contribution is -2.55. The Kier molecular flexibility index (Phi) is 10.7. The SMILES string of the molecule is COC(=O)CCCCN1C(=O)[C@]2(O[C@H](CCn3cc(C(CO)c4ccccc4)nn3)[C@@H]([Si](C)(C)F)[C@@H]2C)c2cc(N3C(=O)CC3OC(C)=O)ccc21. The fourth-order valence-corrected chi connectivity index (χ4v) is 10.7. The number of β-lactam (4-membered cyclic amide) rings is 1. The van der Waals surface area contributed by atoms with Crippen molar-refractivity contribution in [2.45, 2.75) is 95.0 Å². The smallest absolute Gasteiger partial charge is 0.305 e. The summed E-state index contributed by atoms with van der Waals surface area (Å²) in [6, 6.07) is 14.7. The molecule has 3 aromatic rings. The van der Waals surface area contributed by atoms with Gasteiger partial charge in [0.25, 0.3) is 5.91 Å². The highest BCUT2D eigenvalue weighted by atomic mass is 28.4. The third-order valence-corrected chi connectivity index (χ3v) is 13.1. The van der Waals surface area contributed by atoms with E-state index in [9.17, 15) is 24.3 Å². The van der Waals surface area contributed by atoms with Crippen LogP contribution in [0.1, 0.15) is 68.7 Å². The monoisotopic (exact) mass is 735 g/mol. The summed E-state index contributed by atoms with van der Waals surface area (Å²) < 4.78 is 35.2.